The summed E-state index contributed by atoms with van der Waals surface area (Å²) in [5.41, 5.74) is 5.01. The molecule has 21 heavy (non-hydrogen) atoms. The number of carbonyl (C=O) groups excluding carboxylic acids is 2. The number of nitrogens with two attached hydrogens (primary N) is 1. The maximum atomic E-state index is 13.3. The highest BCUT2D eigenvalue weighted by Gasteiger charge is 2.13. The van der Waals surface area contributed by atoms with E-state index in [0.29, 0.717) is 5.76 Å². The zero-order valence-corrected chi connectivity index (χ0v) is 11.2. The minimum Gasteiger partial charge on any atom is -0.467 e. The molecule has 0 aliphatic rings. The van der Waals surface area contributed by atoms with E-state index in [2.05, 4.69) is 10.6 Å². The number of amides is 3. The van der Waals surface area contributed by atoms with Gasteiger partial charge in [-0.25, -0.2) is 9.18 Å². The van der Waals surface area contributed by atoms with Crippen molar-refractivity contribution in [1.82, 2.24) is 5.32 Å². The standard InChI is InChI=1S/C14H14FN3O3/c1-8(12-3-2-6-21-12)17-14(20)18-9-4-5-11(15)10(7-9)13(16)19/h2-8H,1H3,(H2,16,19)(H2,17,18,20)/t8-/m1/s1. The van der Waals surface area contributed by atoms with Gasteiger partial charge in [-0.05, 0) is 37.3 Å². The van der Waals surface area contributed by atoms with Crippen LogP contribution in [0.4, 0.5) is 14.9 Å². The summed E-state index contributed by atoms with van der Waals surface area (Å²) in [6, 6.07) is 6.16. The Kier molecular flexibility index (Phi) is 4.22. The average molecular weight is 291 g/mol. The van der Waals surface area contributed by atoms with E-state index in [4.69, 9.17) is 10.2 Å². The average Bonchev–Trinajstić information content (AvgIpc) is 2.94. The Hall–Kier alpha value is -2.83. The van der Waals surface area contributed by atoms with Crippen molar-refractivity contribution in [2.24, 2.45) is 5.73 Å². The molecule has 0 saturated heterocycles. The highest BCUT2D eigenvalue weighted by Crippen LogP contribution is 2.16. The molecule has 0 radical (unpaired) electrons. The zero-order chi connectivity index (χ0) is 15.4. The van der Waals surface area contributed by atoms with Gasteiger partial charge in [-0.15, -0.1) is 0 Å². The third-order valence-corrected chi connectivity index (χ3v) is 2.81. The zero-order valence-electron chi connectivity index (χ0n) is 11.2. The third kappa shape index (κ3) is 3.59. The fourth-order valence-corrected chi connectivity index (χ4v) is 1.76. The van der Waals surface area contributed by atoms with Crippen LogP contribution in [0.15, 0.2) is 41.0 Å². The number of urea groups is 1. The van der Waals surface area contributed by atoms with Crippen molar-refractivity contribution in [3.05, 3.63) is 53.7 Å². The van der Waals surface area contributed by atoms with Crippen LogP contribution in [0.1, 0.15) is 29.1 Å². The van der Waals surface area contributed by atoms with Gasteiger partial charge in [-0.1, -0.05) is 0 Å². The Morgan fingerprint density at radius 1 is 1.33 bits per heavy atom. The van der Waals surface area contributed by atoms with Crippen LogP contribution in [0, 0.1) is 5.82 Å². The lowest BCUT2D eigenvalue weighted by Gasteiger charge is -2.13. The van der Waals surface area contributed by atoms with Crippen LogP contribution in [0.5, 0.6) is 0 Å². The number of furan rings is 1. The molecule has 3 amide bonds. The Bertz CT molecular complexity index is 655. The number of halogens is 1. The SMILES string of the molecule is C[C@@H](NC(=O)Nc1ccc(F)c(C(N)=O)c1)c1ccco1. The molecule has 1 aromatic carbocycles. The minimum absolute atomic E-state index is 0.259. The molecule has 0 saturated carbocycles. The molecule has 0 bridgehead atoms. The molecular formula is C14H14FN3O3. The van der Waals surface area contributed by atoms with Crippen LogP contribution < -0.4 is 16.4 Å². The molecule has 2 aromatic rings. The van der Waals surface area contributed by atoms with Crippen molar-refractivity contribution in [2.75, 3.05) is 5.32 Å². The van der Waals surface area contributed by atoms with Gasteiger partial charge in [-0.3, -0.25) is 4.79 Å². The summed E-state index contributed by atoms with van der Waals surface area (Å²) in [7, 11) is 0. The molecule has 110 valence electrons. The van der Waals surface area contributed by atoms with E-state index in [1.807, 2.05) is 0 Å². The normalized spacial score (nSPS) is 11.7. The molecule has 0 fully saturated rings. The largest absolute Gasteiger partial charge is 0.467 e. The summed E-state index contributed by atoms with van der Waals surface area (Å²) >= 11 is 0. The fraction of sp³-hybridized carbons (Fsp3) is 0.143. The first kappa shape index (κ1) is 14.6. The van der Waals surface area contributed by atoms with Crippen LogP contribution in [-0.4, -0.2) is 11.9 Å². The fourth-order valence-electron chi connectivity index (χ4n) is 1.76. The number of hydrogen-bond acceptors (Lipinski definition) is 3. The summed E-state index contributed by atoms with van der Waals surface area (Å²) in [6.07, 6.45) is 1.50. The van der Waals surface area contributed by atoms with Gasteiger partial charge in [0, 0.05) is 5.69 Å². The van der Waals surface area contributed by atoms with E-state index < -0.39 is 17.8 Å². The number of nitrogens with one attached hydrogen (secondary N) is 2. The van der Waals surface area contributed by atoms with Gasteiger partial charge in [0.25, 0.3) is 5.91 Å². The van der Waals surface area contributed by atoms with Gasteiger partial charge in [0.15, 0.2) is 0 Å². The van der Waals surface area contributed by atoms with E-state index in [1.165, 1.54) is 18.4 Å². The van der Waals surface area contributed by atoms with Crippen LogP contribution in [0.2, 0.25) is 0 Å². The molecule has 2 rings (SSSR count). The van der Waals surface area contributed by atoms with Gasteiger partial charge in [0.2, 0.25) is 0 Å². The first-order valence-electron chi connectivity index (χ1n) is 6.17. The van der Waals surface area contributed by atoms with Crippen molar-refractivity contribution in [1.29, 1.82) is 0 Å². The van der Waals surface area contributed by atoms with E-state index in [0.717, 1.165) is 6.07 Å². The molecule has 0 aliphatic carbocycles. The van der Waals surface area contributed by atoms with Crippen molar-refractivity contribution >= 4 is 17.6 Å². The molecule has 6 nitrogen and oxygen atoms in total. The van der Waals surface area contributed by atoms with E-state index in [-0.39, 0.29) is 17.3 Å². The highest BCUT2D eigenvalue weighted by molar-refractivity contribution is 5.96. The third-order valence-electron chi connectivity index (χ3n) is 2.81. The molecule has 0 unspecified atom stereocenters. The number of carbonyl (C=O) groups is 2. The Morgan fingerprint density at radius 2 is 2.10 bits per heavy atom. The monoisotopic (exact) mass is 291 g/mol. The van der Waals surface area contributed by atoms with Crippen molar-refractivity contribution in [2.45, 2.75) is 13.0 Å². The predicted molar refractivity (Wildman–Crippen MR) is 74.2 cm³/mol. The van der Waals surface area contributed by atoms with Crippen molar-refractivity contribution in [3.8, 4) is 0 Å². The molecule has 1 atom stereocenters. The van der Waals surface area contributed by atoms with Crippen LogP contribution in [-0.2, 0) is 0 Å². The molecule has 0 aliphatic heterocycles. The second-order valence-corrected chi connectivity index (χ2v) is 4.39. The quantitative estimate of drug-likeness (QED) is 0.806. The smallest absolute Gasteiger partial charge is 0.319 e. The lowest BCUT2D eigenvalue weighted by Crippen LogP contribution is -2.31. The number of hydrogen-bond donors (Lipinski definition) is 3. The Labute approximate surface area is 120 Å². The van der Waals surface area contributed by atoms with Crippen LogP contribution >= 0.6 is 0 Å². The summed E-state index contributed by atoms with van der Waals surface area (Å²) in [5, 5.41) is 5.13. The Balaban J connectivity index is 2.03. The van der Waals surface area contributed by atoms with Crippen molar-refractivity contribution in [3.63, 3.8) is 0 Å². The van der Waals surface area contributed by atoms with Gasteiger partial charge in [0.05, 0.1) is 17.9 Å². The molecule has 1 aromatic heterocycles. The van der Waals surface area contributed by atoms with Crippen LogP contribution in [0.3, 0.4) is 0 Å². The number of anilines is 1. The van der Waals surface area contributed by atoms with E-state index in [1.54, 1.807) is 19.1 Å². The van der Waals surface area contributed by atoms with Gasteiger partial charge >= 0.3 is 6.03 Å². The molecule has 7 heteroatoms. The summed E-state index contributed by atoms with van der Waals surface area (Å²) < 4.78 is 18.5. The van der Waals surface area contributed by atoms with Crippen LogP contribution in [0.25, 0.3) is 0 Å². The summed E-state index contributed by atoms with van der Waals surface area (Å²) in [4.78, 5) is 22.8. The molecule has 0 spiro atoms. The minimum atomic E-state index is -0.902. The first-order valence-corrected chi connectivity index (χ1v) is 6.17. The number of benzene rings is 1. The molecular weight excluding hydrogens is 277 g/mol. The predicted octanol–water partition coefficient (Wildman–Crippen LogP) is 2.40. The molecule has 4 N–H and O–H groups in total. The van der Waals surface area contributed by atoms with E-state index in [9.17, 15) is 14.0 Å². The lowest BCUT2D eigenvalue weighted by molar-refractivity contribution is 0.0996. The Morgan fingerprint density at radius 3 is 2.71 bits per heavy atom. The van der Waals surface area contributed by atoms with Crippen molar-refractivity contribution < 1.29 is 18.4 Å². The number of rotatable bonds is 4. The summed E-state index contributed by atoms with van der Waals surface area (Å²) in [5.74, 6) is -1.04. The highest BCUT2D eigenvalue weighted by atomic mass is 19.1. The lowest BCUT2D eigenvalue weighted by atomic mass is 10.2. The second-order valence-electron chi connectivity index (χ2n) is 4.39. The topological polar surface area (TPSA) is 97.4 Å². The van der Waals surface area contributed by atoms with Gasteiger partial charge in [-0.2, -0.15) is 0 Å². The molecule has 1 heterocycles. The first-order chi connectivity index (χ1) is 9.97. The summed E-state index contributed by atoms with van der Waals surface area (Å²) in [6.45, 7) is 1.75. The maximum absolute atomic E-state index is 13.3. The number of primary amides is 1. The van der Waals surface area contributed by atoms with Gasteiger partial charge < -0.3 is 20.8 Å². The second kappa shape index (κ2) is 6.08. The van der Waals surface area contributed by atoms with Gasteiger partial charge in [0.1, 0.15) is 11.6 Å². The van der Waals surface area contributed by atoms with E-state index >= 15 is 0 Å². The maximum Gasteiger partial charge on any atom is 0.319 e.